The van der Waals surface area contributed by atoms with E-state index in [2.05, 4.69) is 26.0 Å². The van der Waals surface area contributed by atoms with Crippen molar-refractivity contribution in [2.75, 3.05) is 7.11 Å². The molecule has 0 radical (unpaired) electrons. The summed E-state index contributed by atoms with van der Waals surface area (Å²) in [6.07, 6.45) is 1.67. The summed E-state index contributed by atoms with van der Waals surface area (Å²) in [7, 11) is 3.02. The monoisotopic (exact) mass is 295 g/mol. The van der Waals surface area contributed by atoms with Gasteiger partial charge in [-0.2, -0.15) is 5.10 Å². The van der Waals surface area contributed by atoms with Gasteiger partial charge in [-0.1, -0.05) is 6.07 Å². The molecule has 0 amide bonds. The maximum Gasteiger partial charge on any atom is 0.357 e. The highest BCUT2D eigenvalue weighted by atomic mass is 79.9. The molecule has 0 spiro atoms. The number of carbonyl (C=O) groups is 1. The third-order valence-corrected chi connectivity index (χ3v) is 3.03. The fourth-order valence-corrected chi connectivity index (χ4v) is 2.18. The fraction of sp³-hybridized carbons (Fsp3) is 0.182. The average Bonchev–Trinajstić information content (AvgIpc) is 2.65. The van der Waals surface area contributed by atoms with Gasteiger partial charge >= 0.3 is 5.97 Å². The Labute approximate surface area is 107 Å². The van der Waals surface area contributed by atoms with Crippen molar-refractivity contribution >= 4 is 21.9 Å². The van der Waals surface area contributed by atoms with Gasteiger partial charge in [-0.15, -0.1) is 0 Å². The summed E-state index contributed by atoms with van der Waals surface area (Å²) in [6.45, 7) is 0. The number of rotatable bonds is 2. The lowest BCUT2D eigenvalue weighted by atomic mass is 10.2. The third kappa shape index (κ3) is 2.08. The van der Waals surface area contributed by atoms with Gasteiger partial charge in [-0.25, -0.2) is 4.79 Å². The minimum atomic E-state index is -0.436. The molecule has 0 saturated carbocycles. The fourth-order valence-electron chi connectivity index (χ4n) is 1.48. The van der Waals surface area contributed by atoms with Crippen LogP contribution in [0, 0.1) is 0 Å². The van der Waals surface area contributed by atoms with Crippen molar-refractivity contribution in [2.24, 2.45) is 7.05 Å². The average molecular weight is 296 g/mol. The lowest BCUT2D eigenvalue weighted by Crippen LogP contribution is -2.08. The molecule has 0 aliphatic heterocycles. The number of esters is 1. The predicted octanol–water partition coefficient (Wildman–Crippen LogP) is 2.03. The van der Waals surface area contributed by atoms with Crippen LogP contribution in [-0.2, 0) is 11.8 Å². The molecule has 2 heterocycles. The molecule has 0 atom stereocenters. The first-order chi connectivity index (χ1) is 8.15. The Morgan fingerprint density at radius 3 is 2.82 bits per heavy atom. The van der Waals surface area contributed by atoms with E-state index in [9.17, 15) is 4.79 Å². The van der Waals surface area contributed by atoms with E-state index < -0.39 is 5.97 Å². The number of carbonyl (C=O) groups excluding carboxylic acids is 1. The largest absolute Gasteiger partial charge is 0.464 e. The molecular weight excluding hydrogens is 286 g/mol. The lowest BCUT2D eigenvalue weighted by Gasteiger charge is -1.99. The van der Waals surface area contributed by atoms with Crippen LogP contribution in [0.25, 0.3) is 11.4 Å². The quantitative estimate of drug-likeness (QED) is 0.796. The van der Waals surface area contributed by atoms with Gasteiger partial charge in [0, 0.05) is 13.2 Å². The summed E-state index contributed by atoms with van der Waals surface area (Å²) in [4.78, 5) is 15.8. The topological polar surface area (TPSA) is 57.0 Å². The molecule has 88 valence electrons. The Morgan fingerprint density at radius 1 is 1.47 bits per heavy atom. The minimum Gasteiger partial charge on any atom is -0.464 e. The molecule has 5 nitrogen and oxygen atoms in total. The molecule has 2 rings (SSSR count). The molecule has 2 aromatic heterocycles. The zero-order chi connectivity index (χ0) is 12.4. The van der Waals surface area contributed by atoms with Crippen LogP contribution in [0.2, 0.25) is 0 Å². The molecular formula is C11H10BrN3O2. The van der Waals surface area contributed by atoms with Crippen LogP contribution in [0.15, 0.2) is 28.9 Å². The molecule has 0 fully saturated rings. The summed E-state index contributed by atoms with van der Waals surface area (Å²) in [5.41, 5.74) is 1.69. The molecule has 0 bridgehead atoms. The van der Waals surface area contributed by atoms with Gasteiger partial charge in [0.2, 0.25) is 0 Å². The van der Waals surface area contributed by atoms with Gasteiger partial charge in [0.25, 0.3) is 0 Å². The van der Waals surface area contributed by atoms with E-state index >= 15 is 0 Å². The molecule has 0 unspecified atom stereocenters. The molecule has 2 aromatic rings. The van der Waals surface area contributed by atoms with Crippen molar-refractivity contribution in [2.45, 2.75) is 0 Å². The van der Waals surface area contributed by atoms with Crippen LogP contribution >= 0.6 is 15.9 Å². The predicted molar refractivity (Wildman–Crippen MR) is 65.5 cm³/mol. The summed E-state index contributed by atoms with van der Waals surface area (Å²) < 4.78 is 6.76. The van der Waals surface area contributed by atoms with E-state index in [-0.39, 0.29) is 0 Å². The zero-order valence-corrected chi connectivity index (χ0v) is 10.9. The first-order valence-electron chi connectivity index (χ1n) is 4.87. The van der Waals surface area contributed by atoms with E-state index in [1.54, 1.807) is 13.2 Å². The molecule has 0 saturated heterocycles. The standard InChI is InChI=1S/C11H10BrN3O2/c1-15-10(11(16)17-2)8(12)9(14-15)7-5-3-4-6-13-7/h3-6H,1-2H3. The Kier molecular flexibility index (Phi) is 3.23. The number of hydrogen-bond acceptors (Lipinski definition) is 4. The van der Waals surface area contributed by atoms with E-state index in [1.165, 1.54) is 11.8 Å². The maximum atomic E-state index is 11.6. The Hall–Kier alpha value is -1.69. The second-order valence-corrected chi connectivity index (χ2v) is 4.13. The highest BCUT2D eigenvalue weighted by Gasteiger charge is 2.22. The Morgan fingerprint density at radius 2 is 2.24 bits per heavy atom. The maximum absolute atomic E-state index is 11.6. The number of hydrogen-bond donors (Lipinski definition) is 0. The normalized spacial score (nSPS) is 10.3. The number of ether oxygens (including phenoxy) is 1. The number of pyridine rings is 1. The van der Waals surface area contributed by atoms with E-state index in [1.807, 2.05) is 18.2 Å². The third-order valence-electron chi connectivity index (χ3n) is 2.28. The van der Waals surface area contributed by atoms with Gasteiger partial charge in [0.05, 0.1) is 17.3 Å². The van der Waals surface area contributed by atoms with Crippen molar-refractivity contribution in [1.29, 1.82) is 0 Å². The highest BCUT2D eigenvalue weighted by molar-refractivity contribution is 9.10. The minimum absolute atomic E-state index is 0.369. The van der Waals surface area contributed by atoms with E-state index in [4.69, 9.17) is 4.74 Å². The van der Waals surface area contributed by atoms with Crippen LogP contribution < -0.4 is 0 Å². The summed E-state index contributed by atoms with van der Waals surface area (Å²) in [6, 6.07) is 5.51. The van der Waals surface area contributed by atoms with Crippen molar-refractivity contribution in [3.05, 3.63) is 34.6 Å². The number of halogens is 1. The Bertz CT molecular complexity index is 551. The van der Waals surface area contributed by atoms with Gasteiger partial charge < -0.3 is 4.74 Å². The number of nitrogens with zero attached hydrogens (tertiary/aromatic N) is 3. The van der Waals surface area contributed by atoms with Gasteiger partial charge in [-0.3, -0.25) is 9.67 Å². The second kappa shape index (κ2) is 4.67. The first-order valence-corrected chi connectivity index (χ1v) is 5.66. The van der Waals surface area contributed by atoms with E-state index in [0.717, 1.165) is 0 Å². The van der Waals surface area contributed by atoms with Crippen molar-refractivity contribution in [3.63, 3.8) is 0 Å². The lowest BCUT2D eigenvalue weighted by molar-refractivity contribution is 0.0587. The van der Waals surface area contributed by atoms with Crippen LogP contribution in [-0.4, -0.2) is 27.8 Å². The number of aryl methyl sites for hydroxylation is 1. The van der Waals surface area contributed by atoms with Crippen LogP contribution in [0.1, 0.15) is 10.5 Å². The highest BCUT2D eigenvalue weighted by Crippen LogP contribution is 2.28. The summed E-state index contributed by atoms with van der Waals surface area (Å²) in [5, 5.41) is 4.26. The zero-order valence-electron chi connectivity index (χ0n) is 9.35. The van der Waals surface area contributed by atoms with Crippen LogP contribution in [0.3, 0.4) is 0 Å². The smallest absolute Gasteiger partial charge is 0.357 e. The second-order valence-electron chi connectivity index (χ2n) is 3.34. The van der Waals surface area contributed by atoms with Crippen molar-refractivity contribution in [1.82, 2.24) is 14.8 Å². The SMILES string of the molecule is COC(=O)c1c(Br)c(-c2ccccn2)nn1C. The molecule has 0 N–H and O–H groups in total. The molecule has 0 aliphatic carbocycles. The van der Waals surface area contributed by atoms with Gasteiger partial charge in [0.1, 0.15) is 5.69 Å². The van der Waals surface area contributed by atoms with Gasteiger partial charge in [-0.05, 0) is 28.1 Å². The summed E-state index contributed by atoms with van der Waals surface area (Å²) >= 11 is 3.36. The Balaban J connectivity index is 2.56. The first kappa shape index (κ1) is 11.8. The number of aromatic nitrogens is 3. The molecule has 17 heavy (non-hydrogen) atoms. The molecule has 0 aromatic carbocycles. The molecule has 0 aliphatic rings. The number of methoxy groups -OCH3 is 1. The van der Waals surface area contributed by atoms with Crippen LogP contribution in [0.5, 0.6) is 0 Å². The summed E-state index contributed by atoms with van der Waals surface area (Å²) in [5.74, 6) is -0.436. The molecule has 6 heteroatoms. The van der Waals surface area contributed by atoms with Crippen LogP contribution in [0.4, 0.5) is 0 Å². The van der Waals surface area contributed by atoms with E-state index in [0.29, 0.717) is 21.6 Å². The van der Waals surface area contributed by atoms with Crippen molar-refractivity contribution in [3.8, 4) is 11.4 Å². The van der Waals surface area contributed by atoms with Gasteiger partial charge in [0.15, 0.2) is 5.69 Å². The van der Waals surface area contributed by atoms with Crippen molar-refractivity contribution < 1.29 is 9.53 Å².